The molecule has 1 aliphatic carbocycles. The van der Waals surface area contributed by atoms with Crippen LogP contribution >= 0.6 is 11.3 Å². The smallest absolute Gasteiger partial charge is 0.410 e. The Morgan fingerprint density at radius 1 is 1.23 bits per heavy atom. The number of benzene rings is 1. The molecule has 1 amide bonds. The number of thiazole rings is 1. The summed E-state index contributed by atoms with van der Waals surface area (Å²) in [4.78, 5) is 30.3. The molecule has 2 heterocycles. The van der Waals surface area contributed by atoms with Crippen LogP contribution < -0.4 is 15.0 Å². The van der Waals surface area contributed by atoms with Crippen LogP contribution in [-0.2, 0) is 16.0 Å². The third-order valence-electron chi connectivity index (χ3n) is 6.47. The number of ether oxygens (including phenoxy) is 2. The summed E-state index contributed by atoms with van der Waals surface area (Å²) in [6.07, 6.45) is 12.3. The van der Waals surface area contributed by atoms with Gasteiger partial charge in [-0.3, -0.25) is 10.1 Å². The highest BCUT2D eigenvalue weighted by atomic mass is 32.1. The Bertz CT molecular complexity index is 1510. The van der Waals surface area contributed by atoms with Crippen molar-refractivity contribution in [2.75, 3.05) is 44.3 Å². The minimum absolute atomic E-state index is 0.140. The topological polar surface area (TPSA) is 111 Å². The maximum atomic E-state index is 13.7. The Labute approximate surface area is 253 Å². The van der Waals surface area contributed by atoms with Gasteiger partial charge < -0.3 is 24.3 Å². The Balaban J connectivity index is 1.47. The molecule has 1 aromatic carbocycles. The van der Waals surface area contributed by atoms with E-state index in [1.165, 1.54) is 47.8 Å². The first-order chi connectivity index (χ1) is 20.9. The largest absolute Gasteiger partial charge is 0.412 e. The van der Waals surface area contributed by atoms with Crippen molar-refractivity contribution in [2.45, 2.75) is 19.4 Å². The van der Waals surface area contributed by atoms with Crippen LogP contribution in [0.4, 0.5) is 14.9 Å². The zero-order valence-corrected chi connectivity index (χ0v) is 24.5. The maximum Gasteiger partial charge on any atom is 0.412 e. The summed E-state index contributed by atoms with van der Waals surface area (Å²) in [7, 11) is 0. The van der Waals surface area contributed by atoms with Crippen molar-refractivity contribution in [1.82, 2.24) is 9.88 Å². The molecule has 226 valence electrons. The van der Waals surface area contributed by atoms with E-state index in [4.69, 9.17) is 14.5 Å². The number of hydrogen-bond donors (Lipinski definition) is 1. The molecular weight excluding hydrogens is 573 g/mol. The predicted octanol–water partition coefficient (Wildman–Crippen LogP) is 5.67. The van der Waals surface area contributed by atoms with Gasteiger partial charge in [-0.15, -0.1) is 11.3 Å². The number of anilines is 1. The number of allylic oxidation sites excluding steroid dienone is 8. The average Bonchev–Trinajstić information content (AvgIpc) is 3.28. The van der Waals surface area contributed by atoms with Crippen molar-refractivity contribution in [3.63, 3.8) is 0 Å². The highest BCUT2D eigenvalue weighted by Gasteiger charge is 2.13. The fourth-order valence-electron chi connectivity index (χ4n) is 4.38. The van der Waals surface area contributed by atoms with Crippen molar-refractivity contribution in [3.05, 3.63) is 117 Å². The van der Waals surface area contributed by atoms with Crippen LogP contribution in [-0.4, -0.2) is 55.0 Å². The van der Waals surface area contributed by atoms with Gasteiger partial charge in [0.2, 0.25) is 6.54 Å². The number of carbonyl (C=O) groups excluding carboxylic acids is 1. The molecule has 43 heavy (non-hydrogen) atoms. The fourth-order valence-corrected chi connectivity index (χ4v) is 5.34. The van der Waals surface area contributed by atoms with E-state index in [0.29, 0.717) is 44.8 Å². The second kappa shape index (κ2) is 16.2. The Kier molecular flexibility index (Phi) is 11.8. The summed E-state index contributed by atoms with van der Waals surface area (Å²) in [5.41, 5.74) is 3.82. The molecule has 4 rings (SSSR count). The molecule has 10 nitrogen and oxygen atoms in total. The van der Waals surface area contributed by atoms with Crippen LogP contribution in [0.2, 0.25) is 0 Å². The standard InChI is InChI=1S/C31H34FN5O5S/c1-2-6-28(9-4-18-37(39)40)42-31(38)33-16-5-17-36-29(23-43-30(36)34-26-8-3-7-25(32)12-13-26)24-10-14-27(15-11-24)35-19-21-41-22-20-35/h2,4,6-15,23H,1,3,5,16-22H2,(H,33,38)/b9-4-,28-6+,34-30?. The highest BCUT2D eigenvalue weighted by molar-refractivity contribution is 7.07. The van der Waals surface area contributed by atoms with E-state index >= 15 is 0 Å². The number of nitrogens with zero attached hydrogens (tertiary/aromatic N) is 4. The molecular formula is C31H34FN5O5S. The molecule has 12 heteroatoms. The Hall–Kier alpha value is -4.55. The van der Waals surface area contributed by atoms with E-state index < -0.39 is 11.0 Å². The van der Waals surface area contributed by atoms with Crippen LogP contribution in [0.5, 0.6) is 0 Å². The van der Waals surface area contributed by atoms with Crippen molar-refractivity contribution in [3.8, 4) is 11.3 Å². The van der Waals surface area contributed by atoms with Crippen molar-refractivity contribution >= 4 is 23.1 Å². The zero-order valence-electron chi connectivity index (χ0n) is 23.7. The van der Waals surface area contributed by atoms with E-state index in [9.17, 15) is 19.3 Å². The first-order valence-corrected chi connectivity index (χ1v) is 14.8. The number of rotatable bonds is 12. The minimum atomic E-state index is -0.679. The van der Waals surface area contributed by atoms with Crippen LogP contribution in [0.3, 0.4) is 0 Å². The summed E-state index contributed by atoms with van der Waals surface area (Å²) < 4.78 is 26.5. The van der Waals surface area contributed by atoms with Gasteiger partial charge in [0.15, 0.2) is 4.80 Å². The second-order valence-electron chi connectivity index (χ2n) is 9.49. The number of nitro groups is 1. The molecule has 0 atom stereocenters. The first kappa shape index (κ1) is 31.4. The van der Waals surface area contributed by atoms with Crippen LogP contribution in [0.15, 0.2) is 107 Å². The molecule has 0 spiro atoms. The minimum Gasteiger partial charge on any atom is -0.410 e. The van der Waals surface area contributed by atoms with Gasteiger partial charge in [0, 0.05) is 42.2 Å². The van der Waals surface area contributed by atoms with Gasteiger partial charge >= 0.3 is 6.09 Å². The van der Waals surface area contributed by atoms with E-state index in [2.05, 4.69) is 45.6 Å². The number of morpholine rings is 1. The summed E-state index contributed by atoms with van der Waals surface area (Å²) in [6, 6.07) is 8.40. The number of nitrogens with one attached hydrogen (secondary N) is 1. The SMILES string of the molecule is C=C/C=C(\C=C/C[N+](=O)[O-])OC(=O)NCCCn1c(-c2ccc(N3CCOCC3)cc2)csc1=NC1=CCC=C(F)C=C1. The molecule has 1 aromatic heterocycles. The van der Waals surface area contributed by atoms with E-state index in [-0.39, 0.29) is 18.1 Å². The van der Waals surface area contributed by atoms with Crippen LogP contribution in [0, 0.1) is 10.1 Å². The molecule has 0 saturated carbocycles. The van der Waals surface area contributed by atoms with Gasteiger partial charge in [0.05, 0.1) is 24.6 Å². The molecule has 1 aliphatic heterocycles. The van der Waals surface area contributed by atoms with Crippen molar-refractivity contribution in [2.24, 2.45) is 4.99 Å². The van der Waals surface area contributed by atoms with Crippen LogP contribution in [0.25, 0.3) is 11.3 Å². The number of hydrogen-bond acceptors (Lipinski definition) is 8. The van der Waals surface area contributed by atoms with Crippen molar-refractivity contribution < 1.29 is 23.6 Å². The number of carbonyl (C=O) groups is 1. The second-order valence-corrected chi connectivity index (χ2v) is 10.3. The lowest BCUT2D eigenvalue weighted by Gasteiger charge is -2.28. The third kappa shape index (κ3) is 9.76. The molecule has 2 aliphatic rings. The summed E-state index contributed by atoms with van der Waals surface area (Å²) in [5.74, 6) is -0.153. The first-order valence-electron chi connectivity index (χ1n) is 13.9. The fraction of sp³-hybridized carbons (Fsp3) is 0.290. The lowest BCUT2D eigenvalue weighted by molar-refractivity contribution is -0.468. The quantitative estimate of drug-likeness (QED) is 0.109. The number of amides is 1. The lowest BCUT2D eigenvalue weighted by Crippen LogP contribution is -2.36. The number of alkyl carbamates (subject to hydrolysis) is 1. The third-order valence-corrected chi connectivity index (χ3v) is 7.34. The molecule has 0 bridgehead atoms. The van der Waals surface area contributed by atoms with Gasteiger partial charge in [-0.2, -0.15) is 0 Å². The predicted molar refractivity (Wildman–Crippen MR) is 166 cm³/mol. The molecule has 0 unspecified atom stereocenters. The molecule has 1 N–H and O–H groups in total. The summed E-state index contributed by atoms with van der Waals surface area (Å²) in [5, 5.41) is 15.3. The molecule has 1 saturated heterocycles. The summed E-state index contributed by atoms with van der Waals surface area (Å²) >= 11 is 1.49. The monoisotopic (exact) mass is 607 g/mol. The Morgan fingerprint density at radius 3 is 2.77 bits per heavy atom. The van der Waals surface area contributed by atoms with Gasteiger partial charge in [-0.05, 0) is 67.0 Å². The van der Waals surface area contributed by atoms with Crippen LogP contribution in [0.1, 0.15) is 12.8 Å². The van der Waals surface area contributed by atoms with Gasteiger partial charge in [0.25, 0.3) is 0 Å². The molecule has 2 aromatic rings. The van der Waals surface area contributed by atoms with E-state index in [1.807, 2.05) is 11.5 Å². The highest BCUT2D eigenvalue weighted by Crippen LogP contribution is 2.25. The van der Waals surface area contributed by atoms with Gasteiger partial charge in [-0.25, -0.2) is 14.2 Å². The summed E-state index contributed by atoms with van der Waals surface area (Å²) in [6.45, 7) is 7.19. The number of aromatic nitrogens is 1. The van der Waals surface area contributed by atoms with Gasteiger partial charge in [0.1, 0.15) is 11.6 Å². The maximum absolute atomic E-state index is 13.7. The van der Waals surface area contributed by atoms with Gasteiger partial charge in [-0.1, -0.05) is 30.9 Å². The van der Waals surface area contributed by atoms with E-state index in [0.717, 1.165) is 34.8 Å². The molecule has 1 fully saturated rings. The van der Waals surface area contributed by atoms with E-state index in [1.54, 1.807) is 6.08 Å². The molecule has 0 radical (unpaired) electrons. The lowest BCUT2D eigenvalue weighted by atomic mass is 10.1. The normalized spacial score (nSPS) is 16.1. The van der Waals surface area contributed by atoms with Crippen molar-refractivity contribution in [1.29, 1.82) is 0 Å². The zero-order chi connectivity index (χ0) is 30.4. The Morgan fingerprint density at radius 2 is 2.02 bits per heavy atom. The number of halogens is 1. The average molecular weight is 608 g/mol.